The highest BCUT2D eigenvalue weighted by atomic mass is 35.5. The quantitative estimate of drug-likeness (QED) is 0.868. The standard InChI is InChI=1S/C18H21Cl2N5O/c1-10-21-17(23-25(10)16-14(19)4-3-5-15(16)20)18(26)24(2)13-8-11-6-7-12(9-13)22-11/h3-5,11-13,22H,6-9H2,1-2H3. The topological polar surface area (TPSA) is 63.1 Å². The normalized spacial score (nSPS) is 24.7. The first-order valence-corrected chi connectivity index (χ1v) is 9.61. The summed E-state index contributed by atoms with van der Waals surface area (Å²) in [6, 6.07) is 6.50. The van der Waals surface area contributed by atoms with Gasteiger partial charge in [-0.3, -0.25) is 4.79 Å². The Morgan fingerprint density at radius 1 is 1.23 bits per heavy atom. The van der Waals surface area contributed by atoms with Crippen LogP contribution in [-0.2, 0) is 0 Å². The first-order valence-electron chi connectivity index (χ1n) is 8.85. The minimum atomic E-state index is -0.165. The Labute approximate surface area is 162 Å². The number of nitrogens with zero attached hydrogens (tertiary/aromatic N) is 4. The molecule has 2 unspecified atom stereocenters. The number of hydrogen-bond donors (Lipinski definition) is 1. The second-order valence-corrected chi connectivity index (χ2v) is 7.96. The highest BCUT2D eigenvalue weighted by molar-refractivity contribution is 6.37. The zero-order valence-electron chi connectivity index (χ0n) is 14.7. The molecule has 2 fully saturated rings. The zero-order chi connectivity index (χ0) is 18.4. The lowest BCUT2D eigenvalue weighted by Crippen LogP contribution is -2.48. The molecule has 1 aromatic heterocycles. The molecule has 1 N–H and O–H groups in total. The van der Waals surface area contributed by atoms with Crippen molar-refractivity contribution in [3.63, 3.8) is 0 Å². The molecule has 138 valence electrons. The lowest BCUT2D eigenvalue weighted by Gasteiger charge is -2.35. The number of benzene rings is 1. The summed E-state index contributed by atoms with van der Waals surface area (Å²) in [5.74, 6) is 0.579. The molecule has 8 heteroatoms. The van der Waals surface area contributed by atoms with Gasteiger partial charge in [0.2, 0.25) is 5.82 Å². The van der Waals surface area contributed by atoms with Crippen LogP contribution >= 0.6 is 23.2 Å². The number of fused-ring (bicyclic) bond motifs is 2. The van der Waals surface area contributed by atoms with Gasteiger partial charge in [-0.25, -0.2) is 9.67 Å². The van der Waals surface area contributed by atoms with Gasteiger partial charge in [-0.1, -0.05) is 29.3 Å². The third-order valence-electron chi connectivity index (χ3n) is 5.43. The van der Waals surface area contributed by atoms with E-state index in [0.717, 1.165) is 12.8 Å². The molecular formula is C18H21Cl2N5O. The van der Waals surface area contributed by atoms with E-state index in [1.165, 1.54) is 17.5 Å². The number of carbonyl (C=O) groups is 1. The third kappa shape index (κ3) is 3.10. The summed E-state index contributed by atoms with van der Waals surface area (Å²) in [6.45, 7) is 1.79. The van der Waals surface area contributed by atoms with Crippen LogP contribution in [0.5, 0.6) is 0 Å². The van der Waals surface area contributed by atoms with E-state index in [1.807, 2.05) is 7.05 Å². The largest absolute Gasteiger partial charge is 0.336 e. The maximum absolute atomic E-state index is 12.9. The van der Waals surface area contributed by atoms with E-state index in [2.05, 4.69) is 15.4 Å². The number of hydrogen-bond acceptors (Lipinski definition) is 4. The molecule has 0 aliphatic carbocycles. The van der Waals surface area contributed by atoms with Gasteiger partial charge in [0.05, 0.1) is 10.0 Å². The van der Waals surface area contributed by atoms with E-state index in [9.17, 15) is 4.79 Å². The minimum absolute atomic E-state index is 0.165. The Hall–Kier alpha value is -1.63. The minimum Gasteiger partial charge on any atom is -0.336 e. The fraction of sp³-hybridized carbons (Fsp3) is 0.500. The number of para-hydroxylation sites is 1. The first-order chi connectivity index (χ1) is 12.4. The van der Waals surface area contributed by atoms with E-state index in [0.29, 0.717) is 33.6 Å². The number of carbonyl (C=O) groups excluding carboxylic acids is 1. The van der Waals surface area contributed by atoms with Crippen molar-refractivity contribution in [2.75, 3.05) is 7.05 Å². The maximum atomic E-state index is 12.9. The van der Waals surface area contributed by atoms with Crippen LogP contribution in [0.2, 0.25) is 10.0 Å². The van der Waals surface area contributed by atoms with Crippen molar-refractivity contribution in [2.24, 2.45) is 0 Å². The van der Waals surface area contributed by atoms with Crippen LogP contribution in [-0.4, -0.2) is 50.7 Å². The number of halogens is 2. The first kappa shape index (κ1) is 17.8. The molecule has 2 saturated heterocycles. The molecule has 0 saturated carbocycles. The van der Waals surface area contributed by atoms with Crippen LogP contribution in [0.1, 0.15) is 42.1 Å². The summed E-state index contributed by atoms with van der Waals surface area (Å²) in [4.78, 5) is 19.1. The SMILES string of the molecule is Cc1nc(C(=O)N(C)C2CC3CCC(C2)N3)nn1-c1c(Cl)cccc1Cl. The molecule has 4 rings (SSSR count). The van der Waals surface area contributed by atoms with Crippen molar-refractivity contribution in [1.29, 1.82) is 0 Å². The highest BCUT2D eigenvalue weighted by Crippen LogP contribution is 2.31. The third-order valence-corrected chi connectivity index (χ3v) is 6.04. The molecule has 26 heavy (non-hydrogen) atoms. The molecule has 6 nitrogen and oxygen atoms in total. The van der Waals surface area contributed by atoms with Crippen LogP contribution in [0, 0.1) is 6.92 Å². The molecule has 1 aromatic carbocycles. The average Bonchev–Trinajstić information content (AvgIpc) is 3.15. The molecule has 2 bridgehead atoms. The van der Waals surface area contributed by atoms with Gasteiger partial charge in [-0.15, -0.1) is 5.10 Å². The number of piperidine rings is 1. The Bertz CT molecular complexity index is 820. The smallest absolute Gasteiger partial charge is 0.293 e. The summed E-state index contributed by atoms with van der Waals surface area (Å²) < 4.78 is 1.54. The number of nitrogens with one attached hydrogen (secondary N) is 1. The van der Waals surface area contributed by atoms with Gasteiger partial charge in [0.25, 0.3) is 5.91 Å². The van der Waals surface area contributed by atoms with Crippen LogP contribution < -0.4 is 5.32 Å². The molecular weight excluding hydrogens is 373 g/mol. The van der Waals surface area contributed by atoms with Crippen LogP contribution in [0.25, 0.3) is 5.69 Å². The lowest BCUT2D eigenvalue weighted by molar-refractivity contribution is 0.0669. The van der Waals surface area contributed by atoms with Crippen molar-refractivity contribution < 1.29 is 4.79 Å². The predicted molar refractivity (Wildman–Crippen MR) is 101 cm³/mol. The van der Waals surface area contributed by atoms with E-state index in [1.54, 1.807) is 30.0 Å². The molecule has 0 spiro atoms. The van der Waals surface area contributed by atoms with Gasteiger partial charge >= 0.3 is 0 Å². The van der Waals surface area contributed by atoms with E-state index in [-0.39, 0.29) is 17.8 Å². The summed E-state index contributed by atoms with van der Waals surface area (Å²) in [5.41, 5.74) is 0.544. The van der Waals surface area contributed by atoms with Crippen molar-refractivity contribution >= 4 is 29.1 Å². The number of amides is 1. The molecule has 2 atom stereocenters. The fourth-order valence-electron chi connectivity index (χ4n) is 4.05. The van der Waals surface area contributed by atoms with Crippen LogP contribution in [0.15, 0.2) is 18.2 Å². The van der Waals surface area contributed by atoms with Gasteiger partial charge in [0.15, 0.2) is 0 Å². The molecule has 2 aromatic rings. The molecule has 2 aliphatic heterocycles. The summed E-state index contributed by atoms with van der Waals surface area (Å²) in [6.07, 6.45) is 4.35. The summed E-state index contributed by atoms with van der Waals surface area (Å²) in [7, 11) is 1.84. The van der Waals surface area contributed by atoms with Crippen molar-refractivity contribution in [1.82, 2.24) is 25.0 Å². The Kier molecular flexibility index (Phi) is 4.67. The van der Waals surface area contributed by atoms with Crippen molar-refractivity contribution in [2.45, 2.75) is 50.7 Å². The average molecular weight is 394 g/mol. The van der Waals surface area contributed by atoms with Gasteiger partial charge in [0.1, 0.15) is 11.5 Å². The molecule has 1 amide bonds. The molecule has 0 radical (unpaired) electrons. The van der Waals surface area contributed by atoms with E-state index >= 15 is 0 Å². The Balaban J connectivity index is 1.59. The highest BCUT2D eigenvalue weighted by Gasteiger charge is 2.37. The molecule has 2 aliphatic rings. The fourth-order valence-corrected chi connectivity index (χ4v) is 4.61. The number of aryl methyl sites for hydroxylation is 1. The summed E-state index contributed by atoms with van der Waals surface area (Å²) in [5, 5.41) is 8.93. The van der Waals surface area contributed by atoms with Crippen molar-refractivity contribution in [3.8, 4) is 5.69 Å². The molecule has 3 heterocycles. The zero-order valence-corrected chi connectivity index (χ0v) is 16.3. The number of rotatable bonds is 3. The number of aromatic nitrogens is 3. The Morgan fingerprint density at radius 2 is 1.85 bits per heavy atom. The van der Waals surface area contributed by atoms with Crippen molar-refractivity contribution in [3.05, 3.63) is 39.9 Å². The van der Waals surface area contributed by atoms with Crippen LogP contribution in [0.4, 0.5) is 0 Å². The maximum Gasteiger partial charge on any atom is 0.293 e. The van der Waals surface area contributed by atoms with Gasteiger partial charge in [0, 0.05) is 25.2 Å². The second kappa shape index (κ2) is 6.83. The van der Waals surface area contributed by atoms with Gasteiger partial charge in [-0.05, 0) is 44.7 Å². The lowest BCUT2D eigenvalue weighted by atomic mass is 9.98. The second-order valence-electron chi connectivity index (χ2n) is 7.14. The Morgan fingerprint density at radius 3 is 2.46 bits per heavy atom. The van der Waals surface area contributed by atoms with Gasteiger partial charge in [-0.2, -0.15) is 0 Å². The monoisotopic (exact) mass is 393 g/mol. The van der Waals surface area contributed by atoms with E-state index < -0.39 is 0 Å². The summed E-state index contributed by atoms with van der Waals surface area (Å²) >= 11 is 12.5. The van der Waals surface area contributed by atoms with Gasteiger partial charge < -0.3 is 10.2 Å². The predicted octanol–water partition coefficient (Wildman–Crippen LogP) is 3.24. The van der Waals surface area contributed by atoms with Crippen LogP contribution in [0.3, 0.4) is 0 Å². The van der Waals surface area contributed by atoms with E-state index in [4.69, 9.17) is 23.2 Å².